The van der Waals surface area contributed by atoms with Gasteiger partial charge >= 0.3 is 0 Å². The van der Waals surface area contributed by atoms with Crippen LogP contribution in [-0.2, 0) is 0 Å². The Kier molecular flexibility index (Phi) is 5.94. The number of anilines is 1. The second-order valence-electron chi connectivity index (χ2n) is 7.22. The zero-order valence-electron chi connectivity index (χ0n) is 17.4. The molecule has 0 radical (unpaired) electrons. The van der Waals surface area contributed by atoms with Crippen LogP contribution >= 0.6 is 0 Å². The summed E-state index contributed by atoms with van der Waals surface area (Å²) in [5.74, 6) is -0.788. The van der Waals surface area contributed by atoms with Gasteiger partial charge in [0.25, 0.3) is 11.8 Å². The van der Waals surface area contributed by atoms with Crippen LogP contribution in [0.5, 0.6) is 5.75 Å². The van der Waals surface area contributed by atoms with E-state index in [1.54, 1.807) is 55.5 Å². The van der Waals surface area contributed by atoms with Gasteiger partial charge in [-0.05, 0) is 53.6 Å². The van der Waals surface area contributed by atoms with Crippen LogP contribution in [0.15, 0.2) is 96.1 Å². The summed E-state index contributed by atoms with van der Waals surface area (Å²) in [4.78, 5) is 25.0. The predicted octanol–water partition coefficient (Wildman–Crippen LogP) is 4.95. The van der Waals surface area contributed by atoms with Gasteiger partial charge in [-0.2, -0.15) is 5.10 Å². The molecule has 32 heavy (non-hydrogen) atoms. The summed E-state index contributed by atoms with van der Waals surface area (Å²) in [5, 5.41) is 18.7. The highest BCUT2D eigenvalue weighted by molar-refractivity contribution is 6.10. The first-order valence-corrected chi connectivity index (χ1v) is 10.0. The Bertz CT molecular complexity index is 1310. The third-order valence-corrected chi connectivity index (χ3v) is 5.06. The van der Waals surface area contributed by atoms with Crippen molar-refractivity contribution >= 4 is 34.0 Å². The molecule has 0 saturated heterocycles. The number of rotatable bonds is 5. The first kappa shape index (κ1) is 20.8. The standard InChI is InChI=1S/C26H21N3O3/c1-17(18-11-14-21(15-12-18)27-25(31)20-8-3-2-4-9-20)28-29-26(32)24-22-10-6-5-7-19(22)13-16-23(24)30/h2-16,30H,1H3,(H,27,31)(H,29,32). The molecule has 0 atom stereocenters. The highest BCUT2D eigenvalue weighted by Crippen LogP contribution is 2.27. The number of carbonyl (C=O) groups excluding carboxylic acids is 2. The SMILES string of the molecule is CC(=NNC(=O)c1c(O)ccc2ccccc12)c1ccc(NC(=O)c2ccccc2)cc1. The van der Waals surface area contributed by atoms with Crippen molar-refractivity contribution < 1.29 is 14.7 Å². The number of carbonyl (C=O) groups is 2. The maximum absolute atomic E-state index is 12.7. The second kappa shape index (κ2) is 9.14. The first-order chi connectivity index (χ1) is 15.5. The number of phenols is 1. The number of nitrogens with one attached hydrogen (secondary N) is 2. The monoisotopic (exact) mass is 423 g/mol. The van der Waals surface area contributed by atoms with Gasteiger partial charge in [0.1, 0.15) is 5.75 Å². The van der Waals surface area contributed by atoms with Crippen molar-refractivity contribution in [3.63, 3.8) is 0 Å². The molecule has 0 aromatic heterocycles. The molecule has 2 amide bonds. The van der Waals surface area contributed by atoms with Crippen LogP contribution in [0.25, 0.3) is 10.8 Å². The Morgan fingerprint density at radius 3 is 2.19 bits per heavy atom. The van der Waals surface area contributed by atoms with E-state index in [1.165, 1.54) is 6.07 Å². The van der Waals surface area contributed by atoms with Crippen LogP contribution in [0.1, 0.15) is 33.2 Å². The summed E-state index contributed by atoms with van der Waals surface area (Å²) in [6, 6.07) is 26.7. The lowest BCUT2D eigenvalue weighted by molar-refractivity contribution is 0.0953. The van der Waals surface area contributed by atoms with Gasteiger partial charge in [0.15, 0.2) is 0 Å². The molecule has 6 heteroatoms. The summed E-state index contributed by atoms with van der Waals surface area (Å²) in [6.07, 6.45) is 0. The van der Waals surface area contributed by atoms with E-state index in [-0.39, 0.29) is 17.2 Å². The normalized spacial score (nSPS) is 11.2. The molecule has 0 saturated carbocycles. The lowest BCUT2D eigenvalue weighted by Crippen LogP contribution is -2.20. The Morgan fingerprint density at radius 1 is 0.750 bits per heavy atom. The van der Waals surface area contributed by atoms with Gasteiger partial charge in [0.2, 0.25) is 0 Å². The number of hydrogen-bond donors (Lipinski definition) is 3. The van der Waals surface area contributed by atoms with Crippen LogP contribution in [0.4, 0.5) is 5.69 Å². The molecule has 4 aromatic rings. The fraction of sp³-hybridized carbons (Fsp3) is 0.0385. The lowest BCUT2D eigenvalue weighted by atomic mass is 10.0. The van der Waals surface area contributed by atoms with Crippen molar-refractivity contribution in [3.05, 3.63) is 108 Å². The Morgan fingerprint density at radius 2 is 1.44 bits per heavy atom. The Hall–Kier alpha value is -4.45. The summed E-state index contributed by atoms with van der Waals surface area (Å²) in [7, 11) is 0. The zero-order valence-corrected chi connectivity index (χ0v) is 17.4. The molecule has 0 heterocycles. The van der Waals surface area contributed by atoms with E-state index in [0.29, 0.717) is 22.3 Å². The molecule has 0 spiro atoms. The minimum atomic E-state index is -0.495. The number of hydrogen-bond acceptors (Lipinski definition) is 4. The maximum atomic E-state index is 12.7. The van der Waals surface area contributed by atoms with Crippen LogP contribution in [0.2, 0.25) is 0 Å². The lowest BCUT2D eigenvalue weighted by Gasteiger charge is -2.09. The van der Waals surface area contributed by atoms with E-state index in [0.717, 1.165) is 10.9 Å². The zero-order chi connectivity index (χ0) is 22.5. The predicted molar refractivity (Wildman–Crippen MR) is 126 cm³/mol. The average molecular weight is 423 g/mol. The highest BCUT2D eigenvalue weighted by Gasteiger charge is 2.15. The third-order valence-electron chi connectivity index (χ3n) is 5.06. The van der Waals surface area contributed by atoms with Crippen LogP contribution in [0, 0.1) is 0 Å². The van der Waals surface area contributed by atoms with E-state index >= 15 is 0 Å². The second-order valence-corrected chi connectivity index (χ2v) is 7.22. The van der Waals surface area contributed by atoms with Gasteiger partial charge in [0.05, 0.1) is 11.3 Å². The number of fused-ring (bicyclic) bond motifs is 1. The molecule has 6 nitrogen and oxygen atoms in total. The van der Waals surface area contributed by atoms with E-state index < -0.39 is 5.91 Å². The van der Waals surface area contributed by atoms with Crippen molar-refractivity contribution in [2.75, 3.05) is 5.32 Å². The molecule has 0 aliphatic rings. The van der Waals surface area contributed by atoms with Gasteiger partial charge in [-0.1, -0.05) is 60.7 Å². The van der Waals surface area contributed by atoms with Gasteiger partial charge in [-0.25, -0.2) is 5.43 Å². The molecule has 4 rings (SSSR count). The molecule has 4 aromatic carbocycles. The van der Waals surface area contributed by atoms with Gasteiger partial charge in [-0.15, -0.1) is 0 Å². The molecule has 0 aliphatic carbocycles. The van der Waals surface area contributed by atoms with Gasteiger partial charge < -0.3 is 10.4 Å². The Balaban J connectivity index is 1.46. The summed E-state index contributed by atoms with van der Waals surface area (Å²) in [6.45, 7) is 1.76. The average Bonchev–Trinajstić information content (AvgIpc) is 2.83. The highest BCUT2D eigenvalue weighted by atomic mass is 16.3. The van der Waals surface area contributed by atoms with Crippen LogP contribution in [-0.4, -0.2) is 22.6 Å². The van der Waals surface area contributed by atoms with Crippen molar-refractivity contribution in [1.29, 1.82) is 0 Å². The van der Waals surface area contributed by atoms with Gasteiger partial charge in [0, 0.05) is 11.3 Å². The fourth-order valence-electron chi connectivity index (χ4n) is 3.34. The molecule has 0 fully saturated rings. The quantitative estimate of drug-likeness (QED) is 0.313. The van der Waals surface area contributed by atoms with Crippen molar-refractivity contribution in [3.8, 4) is 5.75 Å². The smallest absolute Gasteiger partial charge is 0.275 e. The molecule has 3 N–H and O–H groups in total. The third kappa shape index (κ3) is 4.49. The maximum Gasteiger partial charge on any atom is 0.275 e. The topological polar surface area (TPSA) is 90.8 Å². The van der Waals surface area contributed by atoms with Crippen molar-refractivity contribution in [2.24, 2.45) is 5.10 Å². The van der Waals surface area contributed by atoms with E-state index in [2.05, 4.69) is 15.8 Å². The first-order valence-electron chi connectivity index (χ1n) is 10.0. The van der Waals surface area contributed by atoms with E-state index in [9.17, 15) is 14.7 Å². The summed E-state index contributed by atoms with van der Waals surface area (Å²) in [5.41, 5.74) is 5.29. The van der Waals surface area contributed by atoms with Crippen LogP contribution in [0.3, 0.4) is 0 Å². The molecule has 0 aliphatic heterocycles. The number of hydrazone groups is 1. The number of amides is 2. The Labute approximate surface area is 185 Å². The molecular formula is C26H21N3O3. The summed E-state index contributed by atoms with van der Waals surface area (Å²) >= 11 is 0. The van der Waals surface area contributed by atoms with Gasteiger partial charge in [-0.3, -0.25) is 9.59 Å². The van der Waals surface area contributed by atoms with E-state index in [4.69, 9.17) is 0 Å². The number of benzene rings is 4. The molecule has 0 unspecified atom stereocenters. The van der Waals surface area contributed by atoms with Crippen molar-refractivity contribution in [2.45, 2.75) is 6.92 Å². The van der Waals surface area contributed by atoms with Crippen LogP contribution < -0.4 is 10.7 Å². The molecular weight excluding hydrogens is 402 g/mol. The molecule has 158 valence electrons. The largest absolute Gasteiger partial charge is 0.507 e. The van der Waals surface area contributed by atoms with Crippen molar-refractivity contribution in [1.82, 2.24) is 5.43 Å². The summed E-state index contributed by atoms with van der Waals surface area (Å²) < 4.78 is 0. The molecule has 0 bridgehead atoms. The van der Waals surface area contributed by atoms with E-state index in [1.807, 2.05) is 36.4 Å². The minimum Gasteiger partial charge on any atom is -0.507 e. The number of phenolic OH excluding ortho intramolecular Hbond substituents is 1. The number of nitrogens with zero attached hydrogens (tertiary/aromatic N) is 1. The minimum absolute atomic E-state index is 0.104. The number of aromatic hydroxyl groups is 1. The fourth-order valence-corrected chi connectivity index (χ4v) is 3.34.